The lowest BCUT2D eigenvalue weighted by atomic mass is 9.95. The normalized spacial score (nSPS) is 22.4. The predicted octanol–water partition coefficient (Wildman–Crippen LogP) is 0.847. The smallest absolute Gasteiger partial charge is 0.233 e. The highest BCUT2D eigenvalue weighted by Gasteiger charge is 2.29. The first-order valence-electron chi connectivity index (χ1n) is 7.92. The number of likely N-dealkylation sites (tertiary alicyclic amines) is 2. The number of hydrogen-bond donors (Lipinski definition) is 1. The lowest BCUT2D eigenvalue weighted by Gasteiger charge is -2.33. The van der Waals surface area contributed by atoms with E-state index in [2.05, 4.69) is 15.1 Å². The van der Waals surface area contributed by atoms with E-state index in [0.717, 1.165) is 51.9 Å². The topological polar surface area (TPSA) is 52.7 Å². The molecule has 2 aliphatic heterocycles. The van der Waals surface area contributed by atoms with E-state index >= 15 is 0 Å². The maximum Gasteiger partial charge on any atom is 0.233 e. The molecule has 0 unspecified atom stereocenters. The average Bonchev–Trinajstić information content (AvgIpc) is 2.76. The molecule has 20 heavy (non-hydrogen) atoms. The molecule has 2 fully saturated rings. The van der Waals surface area contributed by atoms with E-state index < -0.39 is 0 Å². The van der Waals surface area contributed by atoms with Crippen LogP contribution in [0.1, 0.15) is 38.5 Å². The summed E-state index contributed by atoms with van der Waals surface area (Å²) in [4.78, 5) is 28.1. The molecule has 5 nitrogen and oxygen atoms in total. The number of likely N-dealkylation sites (N-methyl/N-ethyl adjacent to an activating group) is 1. The fourth-order valence-electron chi connectivity index (χ4n) is 3.17. The molecule has 0 aromatic rings. The highest BCUT2D eigenvalue weighted by molar-refractivity contribution is 5.79. The van der Waals surface area contributed by atoms with Crippen LogP contribution in [0.25, 0.3) is 0 Å². The number of amides is 2. The first-order valence-corrected chi connectivity index (χ1v) is 7.92. The monoisotopic (exact) mass is 281 g/mol. The molecule has 114 valence electrons. The van der Waals surface area contributed by atoms with Gasteiger partial charge in [-0.15, -0.1) is 0 Å². The highest BCUT2D eigenvalue weighted by Crippen LogP contribution is 2.21. The SMILES string of the molecule is CNC(=O)CN1CCC(C(=O)N2CCCCCC2)CC1. The molecule has 2 saturated heterocycles. The van der Waals surface area contributed by atoms with E-state index in [-0.39, 0.29) is 11.8 Å². The third kappa shape index (κ3) is 4.20. The summed E-state index contributed by atoms with van der Waals surface area (Å²) in [5, 5.41) is 2.65. The zero-order valence-corrected chi connectivity index (χ0v) is 12.6. The van der Waals surface area contributed by atoms with Gasteiger partial charge in [-0.3, -0.25) is 14.5 Å². The largest absolute Gasteiger partial charge is 0.358 e. The Hall–Kier alpha value is -1.10. The van der Waals surface area contributed by atoms with Crippen LogP contribution in [0.3, 0.4) is 0 Å². The first kappa shape index (κ1) is 15.3. The molecule has 5 heteroatoms. The van der Waals surface area contributed by atoms with Crippen LogP contribution in [-0.4, -0.2) is 61.4 Å². The van der Waals surface area contributed by atoms with Crippen LogP contribution in [0.2, 0.25) is 0 Å². The van der Waals surface area contributed by atoms with Gasteiger partial charge in [0.25, 0.3) is 0 Å². The van der Waals surface area contributed by atoms with Crippen molar-refractivity contribution in [1.29, 1.82) is 0 Å². The van der Waals surface area contributed by atoms with E-state index in [0.29, 0.717) is 12.5 Å². The molecule has 0 radical (unpaired) electrons. The van der Waals surface area contributed by atoms with Gasteiger partial charge in [-0.2, -0.15) is 0 Å². The average molecular weight is 281 g/mol. The minimum absolute atomic E-state index is 0.0577. The van der Waals surface area contributed by atoms with Crippen molar-refractivity contribution in [3.63, 3.8) is 0 Å². The number of piperidine rings is 1. The molecule has 0 saturated carbocycles. The van der Waals surface area contributed by atoms with E-state index in [4.69, 9.17) is 0 Å². The predicted molar refractivity (Wildman–Crippen MR) is 78.3 cm³/mol. The minimum Gasteiger partial charge on any atom is -0.358 e. The Kier molecular flexibility index (Phi) is 5.83. The van der Waals surface area contributed by atoms with Crippen LogP contribution >= 0.6 is 0 Å². The van der Waals surface area contributed by atoms with Gasteiger partial charge in [0.05, 0.1) is 6.54 Å². The van der Waals surface area contributed by atoms with Crippen LogP contribution < -0.4 is 5.32 Å². The van der Waals surface area contributed by atoms with Crippen LogP contribution in [0, 0.1) is 5.92 Å². The second-order valence-electron chi connectivity index (χ2n) is 5.96. The van der Waals surface area contributed by atoms with Gasteiger partial charge >= 0.3 is 0 Å². The Bertz CT molecular complexity index is 330. The number of nitrogens with zero attached hydrogens (tertiary/aromatic N) is 2. The highest BCUT2D eigenvalue weighted by atomic mass is 16.2. The Morgan fingerprint density at radius 3 is 2.15 bits per heavy atom. The van der Waals surface area contributed by atoms with Gasteiger partial charge in [0, 0.05) is 26.1 Å². The third-order valence-corrected chi connectivity index (χ3v) is 4.50. The van der Waals surface area contributed by atoms with Crippen LogP contribution in [-0.2, 0) is 9.59 Å². The van der Waals surface area contributed by atoms with E-state index in [1.165, 1.54) is 12.8 Å². The molecule has 2 aliphatic rings. The van der Waals surface area contributed by atoms with Gasteiger partial charge in [0.1, 0.15) is 0 Å². The van der Waals surface area contributed by atoms with Gasteiger partial charge < -0.3 is 10.2 Å². The van der Waals surface area contributed by atoms with Gasteiger partial charge in [0.2, 0.25) is 11.8 Å². The summed E-state index contributed by atoms with van der Waals surface area (Å²) in [6.45, 7) is 4.06. The summed E-state index contributed by atoms with van der Waals surface area (Å²) < 4.78 is 0. The van der Waals surface area contributed by atoms with Gasteiger partial charge in [-0.05, 0) is 38.8 Å². The summed E-state index contributed by atoms with van der Waals surface area (Å²) in [6, 6.07) is 0. The maximum atomic E-state index is 12.5. The molecule has 0 spiro atoms. The zero-order chi connectivity index (χ0) is 14.4. The molecule has 1 N–H and O–H groups in total. The Morgan fingerprint density at radius 2 is 1.60 bits per heavy atom. The van der Waals surface area contributed by atoms with Crippen molar-refractivity contribution >= 4 is 11.8 Å². The van der Waals surface area contributed by atoms with Crippen molar-refractivity contribution < 1.29 is 9.59 Å². The number of carbonyl (C=O) groups excluding carboxylic acids is 2. The van der Waals surface area contributed by atoms with Crippen molar-refractivity contribution in [2.75, 3.05) is 39.8 Å². The summed E-state index contributed by atoms with van der Waals surface area (Å²) in [5.74, 6) is 0.586. The standard InChI is InChI=1S/C15H27N3O2/c1-16-14(19)12-17-10-6-13(7-11-17)15(20)18-8-4-2-3-5-9-18/h13H,2-12H2,1H3,(H,16,19). The molecule has 2 amide bonds. The fraction of sp³-hybridized carbons (Fsp3) is 0.867. The minimum atomic E-state index is 0.0577. The summed E-state index contributed by atoms with van der Waals surface area (Å²) >= 11 is 0. The second kappa shape index (κ2) is 7.62. The van der Waals surface area contributed by atoms with Crippen LogP contribution in [0.15, 0.2) is 0 Å². The van der Waals surface area contributed by atoms with Crippen molar-refractivity contribution in [1.82, 2.24) is 15.1 Å². The van der Waals surface area contributed by atoms with Gasteiger partial charge in [-0.1, -0.05) is 12.8 Å². The number of nitrogens with one attached hydrogen (secondary N) is 1. The first-order chi connectivity index (χ1) is 9.70. The molecule has 0 bridgehead atoms. The van der Waals surface area contributed by atoms with Gasteiger partial charge in [-0.25, -0.2) is 0 Å². The Labute approximate surface area is 121 Å². The van der Waals surface area contributed by atoms with Crippen LogP contribution in [0.4, 0.5) is 0 Å². The summed E-state index contributed by atoms with van der Waals surface area (Å²) in [7, 11) is 1.66. The second-order valence-corrected chi connectivity index (χ2v) is 5.96. The summed E-state index contributed by atoms with van der Waals surface area (Å²) in [5.41, 5.74) is 0. The van der Waals surface area contributed by atoms with Crippen molar-refractivity contribution in [3.05, 3.63) is 0 Å². The molecule has 0 aromatic carbocycles. The lowest BCUT2D eigenvalue weighted by molar-refractivity contribution is -0.137. The Morgan fingerprint density at radius 1 is 1.00 bits per heavy atom. The van der Waals surface area contributed by atoms with E-state index in [1.54, 1.807) is 7.05 Å². The van der Waals surface area contributed by atoms with E-state index in [9.17, 15) is 9.59 Å². The Balaban J connectivity index is 1.77. The maximum absolute atomic E-state index is 12.5. The molecule has 0 atom stereocenters. The van der Waals surface area contributed by atoms with Crippen molar-refractivity contribution in [2.24, 2.45) is 5.92 Å². The van der Waals surface area contributed by atoms with E-state index in [1.807, 2.05) is 0 Å². The van der Waals surface area contributed by atoms with Gasteiger partial charge in [0.15, 0.2) is 0 Å². The molecule has 0 aliphatic carbocycles. The fourth-order valence-corrected chi connectivity index (χ4v) is 3.17. The number of carbonyl (C=O) groups is 2. The third-order valence-electron chi connectivity index (χ3n) is 4.50. The molecule has 0 aromatic heterocycles. The van der Waals surface area contributed by atoms with Crippen LogP contribution in [0.5, 0.6) is 0 Å². The molecular formula is C15H27N3O2. The molecule has 2 heterocycles. The molecule has 2 rings (SSSR count). The summed E-state index contributed by atoms with van der Waals surface area (Å²) in [6.07, 6.45) is 6.61. The zero-order valence-electron chi connectivity index (χ0n) is 12.6. The van der Waals surface area contributed by atoms with Crippen molar-refractivity contribution in [2.45, 2.75) is 38.5 Å². The quantitative estimate of drug-likeness (QED) is 0.834. The number of rotatable bonds is 3. The number of hydrogen-bond acceptors (Lipinski definition) is 3. The lowest BCUT2D eigenvalue weighted by Crippen LogP contribution is -2.45. The van der Waals surface area contributed by atoms with Crippen molar-refractivity contribution in [3.8, 4) is 0 Å². The molecular weight excluding hydrogens is 254 g/mol.